The lowest BCUT2D eigenvalue weighted by Crippen LogP contribution is -2.36. The fourth-order valence-corrected chi connectivity index (χ4v) is 6.15. The second-order valence-electron chi connectivity index (χ2n) is 13.0. The number of nitrogens with one attached hydrogen (secondary N) is 2. The van der Waals surface area contributed by atoms with Crippen LogP contribution in [0.15, 0.2) is 73.6 Å². The summed E-state index contributed by atoms with van der Waals surface area (Å²) in [6.45, 7) is 6.85. The number of ether oxygens (including phenoxy) is 2. The highest BCUT2D eigenvalue weighted by Gasteiger charge is 2.35. The summed E-state index contributed by atoms with van der Waals surface area (Å²) in [4.78, 5) is 58.3. The Labute approximate surface area is 277 Å². The molecule has 1 aromatic carbocycles. The van der Waals surface area contributed by atoms with E-state index < -0.39 is 11.7 Å². The third-order valence-corrected chi connectivity index (χ3v) is 8.45. The maximum atomic E-state index is 12.9. The monoisotopic (exact) mass is 647 g/mol. The van der Waals surface area contributed by atoms with Crippen LogP contribution >= 0.6 is 0 Å². The zero-order chi connectivity index (χ0) is 33.3. The van der Waals surface area contributed by atoms with Crippen molar-refractivity contribution >= 4 is 12.2 Å². The van der Waals surface area contributed by atoms with E-state index >= 15 is 0 Å². The molecule has 6 heterocycles. The molecule has 2 aliphatic rings. The van der Waals surface area contributed by atoms with Gasteiger partial charge in [-0.3, -0.25) is 14.8 Å². The van der Waals surface area contributed by atoms with Gasteiger partial charge in [0.05, 0.1) is 42.1 Å². The molecule has 4 aromatic heterocycles. The maximum Gasteiger partial charge on any atom is 0.415 e. The summed E-state index contributed by atoms with van der Waals surface area (Å²) in [5, 5.41) is 0. The number of aromatic amines is 2. The first-order valence-corrected chi connectivity index (χ1v) is 16.1. The molecule has 2 aliphatic heterocycles. The SMILES string of the molecule is CC(C)(C)OC(=O)N1CCC[C@H]1c1ncc(-c2ccc(-c3ncc(-c4cnc([C@@H]5CCCN5C(=O)Oc5cccnc5)[nH]4)cn3)cc2)[nH]1. The van der Waals surface area contributed by atoms with Crippen molar-refractivity contribution in [2.75, 3.05) is 13.1 Å². The average Bonchev–Trinajstić information content (AvgIpc) is 3.91. The third kappa shape index (κ3) is 6.61. The van der Waals surface area contributed by atoms with Crippen molar-refractivity contribution in [2.45, 2.75) is 64.1 Å². The van der Waals surface area contributed by atoms with Crippen molar-refractivity contribution in [2.24, 2.45) is 0 Å². The number of likely N-dealkylation sites (tertiary alicyclic amines) is 2. The van der Waals surface area contributed by atoms with E-state index in [9.17, 15) is 9.59 Å². The summed E-state index contributed by atoms with van der Waals surface area (Å²) in [6.07, 6.45) is 12.8. The number of pyridine rings is 1. The summed E-state index contributed by atoms with van der Waals surface area (Å²) in [7, 11) is 0. The minimum Gasteiger partial charge on any atom is -0.444 e. The molecule has 2 saturated heterocycles. The highest BCUT2D eigenvalue weighted by Crippen LogP contribution is 2.34. The summed E-state index contributed by atoms with van der Waals surface area (Å²) in [5.74, 6) is 2.44. The first kappa shape index (κ1) is 31.0. The van der Waals surface area contributed by atoms with Crippen molar-refractivity contribution in [1.82, 2.24) is 44.7 Å². The van der Waals surface area contributed by atoms with Crippen LogP contribution in [0.4, 0.5) is 9.59 Å². The predicted molar refractivity (Wildman–Crippen MR) is 176 cm³/mol. The van der Waals surface area contributed by atoms with E-state index in [2.05, 4.69) is 34.9 Å². The second-order valence-corrected chi connectivity index (χ2v) is 13.0. The predicted octanol–water partition coefficient (Wildman–Crippen LogP) is 6.73. The topological polar surface area (TPSA) is 155 Å². The number of rotatable bonds is 6. The second kappa shape index (κ2) is 12.9. The van der Waals surface area contributed by atoms with Crippen LogP contribution in [0.5, 0.6) is 5.75 Å². The van der Waals surface area contributed by atoms with Gasteiger partial charge in [-0.05, 0) is 64.2 Å². The number of hydrogen-bond acceptors (Lipinski definition) is 9. The Morgan fingerprint density at radius 1 is 0.729 bits per heavy atom. The number of aromatic nitrogens is 7. The standard InChI is InChI=1S/C35H37N9O4/c1-35(2,3)48-34(46)44-16-6-9-29(44)32-39-20-26(41-32)22-10-12-23(13-11-22)30-37-17-24(18-38-30)27-21-40-31(42-27)28-8-5-15-43(28)33(45)47-25-7-4-14-36-19-25/h4,7,10-14,17-21,28-29H,5-6,8-9,15-16H2,1-3H3,(H,39,41)(H,40,42)/t28-,29-/m0/s1. The summed E-state index contributed by atoms with van der Waals surface area (Å²) in [6, 6.07) is 11.0. The number of H-pyrrole nitrogens is 2. The highest BCUT2D eigenvalue weighted by atomic mass is 16.6. The first-order valence-electron chi connectivity index (χ1n) is 16.1. The molecule has 7 rings (SSSR count). The number of amides is 2. The van der Waals surface area contributed by atoms with E-state index in [-0.39, 0.29) is 18.2 Å². The fraction of sp³-hybridized carbons (Fsp3) is 0.343. The van der Waals surface area contributed by atoms with Gasteiger partial charge in [-0.25, -0.2) is 29.5 Å². The first-order chi connectivity index (χ1) is 23.2. The van der Waals surface area contributed by atoms with Gasteiger partial charge >= 0.3 is 12.2 Å². The van der Waals surface area contributed by atoms with Gasteiger partial charge in [-0.1, -0.05) is 24.3 Å². The molecule has 2 fully saturated rings. The minimum absolute atomic E-state index is 0.142. The van der Waals surface area contributed by atoms with E-state index in [1.807, 2.05) is 45.0 Å². The number of nitrogens with zero attached hydrogens (tertiary/aromatic N) is 7. The lowest BCUT2D eigenvalue weighted by Gasteiger charge is -2.27. The van der Waals surface area contributed by atoms with E-state index in [1.54, 1.807) is 52.9 Å². The number of hydrogen-bond donors (Lipinski definition) is 2. The van der Waals surface area contributed by atoms with Crippen molar-refractivity contribution in [3.63, 3.8) is 0 Å². The van der Waals surface area contributed by atoms with Crippen LogP contribution in [0.1, 0.15) is 70.2 Å². The number of benzene rings is 1. The quantitative estimate of drug-likeness (QED) is 0.204. The normalized spacial score (nSPS) is 17.9. The van der Waals surface area contributed by atoms with Crippen LogP contribution in [-0.4, -0.2) is 75.6 Å². The van der Waals surface area contributed by atoms with Crippen LogP contribution in [0.2, 0.25) is 0 Å². The van der Waals surface area contributed by atoms with Gasteiger partial charge in [0.2, 0.25) is 0 Å². The molecule has 0 radical (unpaired) electrons. The average molecular weight is 648 g/mol. The molecule has 2 atom stereocenters. The van der Waals surface area contributed by atoms with E-state index in [0.717, 1.165) is 59.6 Å². The Morgan fingerprint density at radius 2 is 1.31 bits per heavy atom. The molecule has 48 heavy (non-hydrogen) atoms. The van der Waals surface area contributed by atoms with Gasteiger partial charge in [0.25, 0.3) is 0 Å². The van der Waals surface area contributed by atoms with Crippen LogP contribution in [0, 0.1) is 0 Å². The van der Waals surface area contributed by atoms with Crippen molar-refractivity contribution in [1.29, 1.82) is 0 Å². The van der Waals surface area contributed by atoms with E-state index in [1.165, 1.54) is 6.20 Å². The van der Waals surface area contributed by atoms with Crippen molar-refractivity contribution < 1.29 is 19.1 Å². The lowest BCUT2D eigenvalue weighted by atomic mass is 10.1. The van der Waals surface area contributed by atoms with Crippen LogP contribution < -0.4 is 4.74 Å². The largest absolute Gasteiger partial charge is 0.444 e. The molecule has 0 spiro atoms. The molecule has 13 heteroatoms. The molecule has 0 unspecified atom stereocenters. The highest BCUT2D eigenvalue weighted by molar-refractivity contribution is 5.72. The maximum absolute atomic E-state index is 12.9. The molecule has 0 saturated carbocycles. The Hall–Kier alpha value is -5.59. The summed E-state index contributed by atoms with van der Waals surface area (Å²) >= 11 is 0. The Bertz CT molecular complexity index is 1880. The van der Waals surface area contributed by atoms with Gasteiger partial charge in [-0.2, -0.15) is 0 Å². The van der Waals surface area contributed by atoms with Crippen LogP contribution in [-0.2, 0) is 4.74 Å². The molecule has 0 bridgehead atoms. The van der Waals surface area contributed by atoms with E-state index in [0.29, 0.717) is 30.5 Å². The van der Waals surface area contributed by atoms with Crippen molar-refractivity contribution in [3.05, 3.63) is 85.2 Å². The number of carbonyl (C=O) groups excluding carboxylic acids is 2. The lowest BCUT2D eigenvalue weighted by molar-refractivity contribution is 0.0218. The molecule has 13 nitrogen and oxygen atoms in total. The molecule has 0 aliphatic carbocycles. The number of carbonyl (C=O) groups is 2. The minimum atomic E-state index is -0.551. The molecular weight excluding hydrogens is 610 g/mol. The fourth-order valence-electron chi connectivity index (χ4n) is 6.15. The van der Waals surface area contributed by atoms with Crippen LogP contribution in [0.25, 0.3) is 33.9 Å². The van der Waals surface area contributed by atoms with Gasteiger partial charge in [0.15, 0.2) is 11.6 Å². The van der Waals surface area contributed by atoms with Gasteiger partial charge in [0, 0.05) is 42.8 Å². The van der Waals surface area contributed by atoms with Crippen molar-refractivity contribution in [3.8, 4) is 39.7 Å². The Morgan fingerprint density at radius 3 is 1.90 bits per heavy atom. The van der Waals surface area contributed by atoms with Gasteiger partial charge in [0.1, 0.15) is 17.2 Å². The molecule has 246 valence electrons. The summed E-state index contributed by atoms with van der Waals surface area (Å²) in [5.41, 5.74) is 3.70. The van der Waals surface area contributed by atoms with Crippen LogP contribution in [0.3, 0.4) is 0 Å². The zero-order valence-corrected chi connectivity index (χ0v) is 27.1. The molecule has 2 amide bonds. The van der Waals surface area contributed by atoms with E-state index in [4.69, 9.17) is 9.47 Å². The summed E-state index contributed by atoms with van der Waals surface area (Å²) < 4.78 is 11.1. The smallest absolute Gasteiger partial charge is 0.415 e. The van der Waals surface area contributed by atoms with Gasteiger partial charge < -0.3 is 19.4 Å². The Balaban J connectivity index is 0.998. The Kier molecular flexibility index (Phi) is 8.34. The third-order valence-electron chi connectivity index (χ3n) is 8.45. The number of imidazole rings is 2. The molecule has 2 N–H and O–H groups in total. The molecule has 5 aromatic rings. The molecular formula is C35H37N9O4. The van der Waals surface area contributed by atoms with Gasteiger partial charge in [-0.15, -0.1) is 0 Å². The zero-order valence-electron chi connectivity index (χ0n) is 27.1.